The van der Waals surface area contributed by atoms with Gasteiger partial charge in [0.15, 0.2) is 0 Å². The maximum atomic E-state index is 11.6. The monoisotopic (exact) mass is 312 g/mol. The van der Waals surface area contributed by atoms with Crippen LogP contribution in [0.2, 0.25) is 0 Å². The number of carbonyl (C=O) groups is 5. The highest BCUT2D eigenvalue weighted by Crippen LogP contribution is 2.15. The fourth-order valence-electron chi connectivity index (χ4n) is 1.88. The van der Waals surface area contributed by atoms with E-state index >= 15 is 0 Å². The molecule has 2 aliphatic heterocycles. The molecule has 0 N–H and O–H groups in total. The summed E-state index contributed by atoms with van der Waals surface area (Å²) in [4.78, 5) is 62.5. The number of rotatable bonds is 5. The molecule has 9 heteroatoms. The van der Waals surface area contributed by atoms with Crippen LogP contribution < -0.4 is 0 Å². The molecule has 0 radical (unpaired) electrons. The average molecular weight is 312 g/mol. The quantitative estimate of drug-likeness (QED) is 0.527. The largest absolute Gasteiger partial charge is 0.334 e. The van der Waals surface area contributed by atoms with Gasteiger partial charge < -0.3 is 4.84 Å². The van der Waals surface area contributed by atoms with E-state index < -0.39 is 34.8 Å². The Labute approximate surface area is 125 Å². The molecule has 4 amide bonds. The van der Waals surface area contributed by atoms with E-state index in [2.05, 4.69) is 17.5 Å². The molecule has 0 bridgehead atoms. The number of thiol groups is 1. The standard InChI is InChI=1S/C12H12N2O6S/c15-8-1-2-9(16)13(8)6-7(21)5-12(19)20-14-10(17)3-4-11(14)18/h1-2,7,21H,3-6H2. The summed E-state index contributed by atoms with van der Waals surface area (Å²) < 4.78 is 0. The summed E-state index contributed by atoms with van der Waals surface area (Å²) in [5.74, 6) is -2.92. The highest BCUT2D eigenvalue weighted by Gasteiger charge is 2.33. The molecule has 1 saturated heterocycles. The Morgan fingerprint density at radius 3 is 2.19 bits per heavy atom. The van der Waals surface area contributed by atoms with Crippen LogP contribution in [-0.4, -0.2) is 51.4 Å². The molecule has 0 saturated carbocycles. The summed E-state index contributed by atoms with van der Waals surface area (Å²) in [6.45, 7) is -0.0647. The highest BCUT2D eigenvalue weighted by atomic mass is 32.1. The number of hydroxylamine groups is 2. The third kappa shape index (κ3) is 3.48. The molecular weight excluding hydrogens is 300 g/mol. The molecule has 0 spiro atoms. The topological polar surface area (TPSA) is 101 Å². The number of amides is 4. The molecular formula is C12H12N2O6S. The van der Waals surface area contributed by atoms with Crippen LogP contribution in [0.3, 0.4) is 0 Å². The second kappa shape index (κ2) is 6.08. The van der Waals surface area contributed by atoms with E-state index in [9.17, 15) is 24.0 Å². The summed E-state index contributed by atoms with van der Waals surface area (Å²) in [5.41, 5.74) is 0. The molecule has 2 rings (SSSR count). The van der Waals surface area contributed by atoms with Gasteiger partial charge in [-0.25, -0.2) is 4.79 Å². The van der Waals surface area contributed by atoms with Crippen LogP contribution in [0.4, 0.5) is 0 Å². The third-order valence-electron chi connectivity index (χ3n) is 2.90. The zero-order valence-corrected chi connectivity index (χ0v) is 11.7. The van der Waals surface area contributed by atoms with E-state index in [1.807, 2.05) is 0 Å². The van der Waals surface area contributed by atoms with Gasteiger partial charge >= 0.3 is 5.97 Å². The van der Waals surface area contributed by atoms with Crippen molar-refractivity contribution in [1.82, 2.24) is 9.96 Å². The predicted molar refractivity (Wildman–Crippen MR) is 70.4 cm³/mol. The second-order valence-electron chi connectivity index (χ2n) is 4.52. The minimum atomic E-state index is -0.828. The van der Waals surface area contributed by atoms with Crippen LogP contribution in [0.1, 0.15) is 19.3 Å². The van der Waals surface area contributed by atoms with Gasteiger partial charge in [0.1, 0.15) is 0 Å². The Hall–Kier alpha value is -2.16. The minimum Gasteiger partial charge on any atom is -0.330 e. The van der Waals surface area contributed by atoms with Crippen molar-refractivity contribution in [1.29, 1.82) is 0 Å². The van der Waals surface area contributed by atoms with E-state index in [0.29, 0.717) is 5.06 Å². The Balaban J connectivity index is 1.82. The van der Waals surface area contributed by atoms with Crippen molar-refractivity contribution < 1.29 is 28.8 Å². The van der Waals surface area contributed by atoms with Gasteiger partial charge in [-0.2, -0.15) is 12.6 Å². The number of hydrogen-bond donors (Lipinski definition) is 1. The Morgan fingerprint density at radius 2 is 1.67 bits per heavy atom. The lowest BCUT2D eigenvalue weighted by Crippen LogP contribution is -2.37. The van der Waals surface area contributed by atoms with Crippen LogP contribution in [0, 0.1) is 0 Å². The van der Waals surface area contributed by atoms with Crippen molar-refractivity contribution in [3.8, 4) is 0 Å². The first-order valence-corrected chi connectivity index (χ1v) is 6.68. The van der Waals surface area contributed by atoms with Crippen molar-refractivity contribution in [3.05, 3.63) is 12.2 Å². The summed E-state index contributed by atoms with van der Waals surface area (Å²) in [7, 11) is 0. The van der Waals surface area contributed by atoms with E-state index in [-0.39, 0.29) is 25.8 Å². The number of hydrogen-bond acceptors (Lipinski definition) is 7. The van der Waals surface area contributed by atoms with E-state index in [1.165, 1.54) is 0 Å². The van der Waals surface area contributed by atoms with Gasteiger partial charge in [-0.15, -0.1) is 5.06 Å². The van der Waals surface area contributed by atoms with Gasteiger partial charge in [-0.05, 0) is 0 Å². The zero-order valence-electron chi connectivity index (χ0n) is 10.9. The van der Waals surface area contributed by atoms with Gasteiger partial charge in [0.05, 0.1) is 6.42 Å². The maximum absolute atomic E-state index is 11.6. The summed E-state index contributed by atoms with van der Waals surface area (Å²) in [5, 5.41) is -0.214. The van der Waals surface area contributed by atoms with Crippen LogP contribution in [0.5, 0.6) is 0 Å². The van der Waals surface area contributed by atoms with Crippen LogP contribution >= 0.6 is 12.6 Å². The van der Waals surface area contributed by atoms with Gasteiger partial charge in [-0.3, -0.25) is 24.1 Å². The maximum Gasteiger partial charge on any atom is 0.334 e. The first kappa shape index (κ1) is 15.2. The molecule has 1 unspecified atom stereocenters. The lowest BCUT2D eigenvalue weighted by Gasteiger charge is -2.19. The van der Waals surface area contributed by atoms with E-state index in [0.717, 1.165) is 17.1 Å². The zero-order chi connectivity index (χ0) is 15.6. The predicted octanol–water partition coefficient (Wildman–Crippen LogP) is -0.793. The molecule has 2 aliphatic rings. The van der Waals surface area contributed by atoms with Crippen molar-refractivity contribution in [2.24, 2.45) is 0 Å². The molecule has 8 nitrogen and oxygen atoms in total. The Kier molecular flexibility index (Phi) is 4.41. The molecule has 0 aliphatic carbocycles. The summed E-state index contributed by atoms with van der Waals surface area (Å²) in [6.07, 6.45) is 2.03. The molecule has 1 atom stereocenters. The van der Waals surface area contributed by atoms with Crippen LogP contribution in [0.25, 0.3) is 0 Å². The first-order valence-electron chi connectivity index (χ1n) is 6.16. The lowest BCUT2D eigenvalue weighted by molar-refractivity contribution is -0.197. The Bertz CT molecular complexity index is 524. The second-order valence-corrected chi connectivity index (χ2v) is 5.25. The summed E-state index contributed by atoms with van der Waals surface area (Å²) >= 11 is 4.10. The van der Waals surface area contributed by atoms with E-state index in [1.54, 1.807) is 0 Å². The molecule has 1 fully saturated rings. The molecule has 2 heterocycles. The first-order chi connectivity index (χ1) is 9.88. The summed E-state index contributed by atoms with van der Waals surface area (Å²) in [6, 6.07) is 0. The van der Waals surface area contributed by atoms with Crippen molar-refractivity contribution in [2.75, 3.05) is 6.54 Å². The molecule has 112 valence electrons. The number of imide groups is 2. The molecule has 21 heavy (non-hydrogen) atoms. The van der Waals surface area contributed by atoms with Crippen LogP contribution in [-0.2, 0) is 28.8 Å². The number of nitrogens with zero attached hydrogens (tertiary/aromatic N) is 2. The molecule has 0 aromatic carbocycles. The number of carbonyl (C=O) groups excluding carboxylic acids is 5. The van der Waals surface area contributed by atoms with Crippen molar-refractivity contribution in [3.63, 3.8) is 0 Å². The van der Waals surface area contributed by atoms with E-state index in [4.69, 9.17) is 0 Å². The van der Waals surface area contributed by atoms with Crippen LogP contribution in [0.15, 0.2) is 12.2 Å². The normalized spacial score (nSPS) is 19.7. The SMILES string of the molecule is O=C(CC(S)CN1C(=O)C=CC1=O)ON1C(=O)CCC1=O. The minimum absolute atomic E-state index is 0.0128. The third-order valence-corrected chi connectivity index (χ3v) is 3.24. The molecule has 0 aromatic heterocycles. The van der Waals surface area contributed by atoms with Gasteiger partial charge in [0.25, 0.3) is 23.6 Å². The van der Waals surface area contributed by atoms with Gasteiger partial charge in [0.2, 0.25) is 0 Å². The lowest BCUT2D eigenvalue weighted by atomic mass is 10.3. The van der Waals surface area contributed by atoms with Crippen molar-refractivity contribution in [2.45, 2.75) is 24.5 Å². The van der Waals surface area contributed by atoms with Gasteiger partial charge in [0, 0.05) is 36.8 Å². The highest BCUT2D eigenvalue weighted by molar-refractivity contribution is 7.81. The van der Waals surface area contributed by atoms with Gasteiger partial charge in [-0.1, -0.05) is 0 Å². The fourth-order valence-corrected chi connectivity index (χ4v) is 2.19. The Morgan fingerprint density at radius 1 is 1.14 bits per heavy atom. The fraction of sp³-hybridized carbons (Fsp3) is 0.417. The smallest absolute Gasteiger partial charge is 0.330 e. The van der Waals surface area contributed by atoms with Crippen molar-refractivity contribution >= 4 is 42.2 Å². The average Bonchev–Trinajstić information content (AvgIpc) is 2.88. The molecule has 0 aromatic rings.